The molecule has 0 aliphatic rings. The van der Waals surface area contributed by atoms with E-state index in [1.54, 1.807) is 0 Å². The molecule has 0 radical (unpaired) electrons. The SMILES string of the molecule is CCCCCCCCCCCCC(CCCCCCCC)C(C)(Cl)Cl. The maximum Gasteiger partial charge on any atom is 0.118 e. The monoisotopic (exact) mass is 392 g/mol. The van der Waals surface area contributed by atoms with Crippen molar-refractivity contribution in [2.75, 3.05) is 0 Å². The van der Waals surface area contributed by atoms with Crippen LogP contribution in [0.2, 0.25) is 0 Å². The number of alkyl halides is 2. The lowest BCUT2D eigenvalue weighted by Crippen LogP contribution is -2.22. The van der Waals surface area contributed by atoms with Crippen molar-refractivity contribution in [1.29, 1.82) is 0 Å². The summed E-state index contributed by atoms with van der Waals surface area (Å²) in [7, 11) is 0. The first-order chi connectivity index (χ1) is 12.0. The molecule has 0 saturated carbocycles. The van der Waals surface area contributed by atoms with E-state index in [0.717, 1.165) is 0 Å². The summed E-state index contributed by atoms with van der Waals surface area (Å²) in [6, 6.07) is 0. The highest BCUT2D eigenvalue weighted by molar-refractivity contribution is 6.48. The van der Waals surface area contributed by atoms with Crippen molar-refractivity contribution in [1.82, 2.24) is 0 Å². The minimum atomic E-state index is -0.553. The van der Waals surface area contributed by atoms with Gasteiger partial charge >= 0.3 is 0 Å². The number of rotatable bonds is 19. The molecule has 0 saturated heterocycles. The predicted molar refractivity (Wildman–Crippen MR) is 118 cm³/mol. The minimum absolute atomic E-state index is 0.469. The van der Waals surface area contributed by atoms with Crippen molar-refractivity contribution in [3.63, 3.8) is 0 Å². The Kier molecular flexibility index (Phi) is 18.4. The van der Waals surface area contributed by atoms with Gasteiger partial charge < -0.3 is 0 Å². The van der Waals surface area contributed by atoms with Crippen LogP contribution >= 0.6 is 23.2 Å². The molecular weight excluding hydrogens is 347 g/mol. The molecule has 0 aliphatic carbocycles. The lowest BCUT2D eigenvalue weighted by atomic mass is 9.91. The van der Waals surface area contributed by atoms with Crippen LogP contribution in [0.4, 0.5) is 0 Å². The van der Waals surface area contributed by atoms with Gasteiger partial charge in [0.25, 0.3) is 0 Å². The third kappa shape index (κ3) is 17.7. The van der Waals surface area contributed by atoms with Gasteiger partial charge in [0.15, 0.2) is 0 Å². The van der Waals surface area contributed by atoms with Gasteiger partial charge in [0.2, 0.25) is 0 Å². The van der Waals surface area contributed by atoms with Crippen LogP contribution in [0.25, 0.3) is 0 Å². The molecule has 0 fully saturated rings. The van der Waals surface area contributed by atoms with E-state index < -0.39 is 4.33 Å². The van der Waals surface area contributed by atoms with Crippen LogP contribution < -0.4 is 0 Å². The topological polar surface area (TPSA) is 0 Å². The van der Waals surface area contributed by atoms with Gasteiger partial charge in [-0.3, -0.25) is 0 Å². The summed E-state index contributed by atoms with van der Waals surface area (Å²) in [6.45, 7) is 6.55. The molecule has 0 nitrogen and oxygen atoms in total. The van der Waals surface area contributed by atoms with Gasteiger partial charge in [-0.05, 0) is 25.7 Å². The van der Waals surface area contributed by atoms with Gasteiger partial charge in [-0.2, -0.15) is 0 Å². The van der Waals surface area contributed by atoms with Gasteiger partial charge in [0.1, 0.15) is 4.33 Å². The largest absolute Gasteiger partial charge is 0.118 e. The summed E-state index contributed by atoms with van der Waals surface area (Å²) in [5.41, 5.74) is 0. The Balaban J connectivity index is 3.63. The van der Waals surface area contributed by atoms with E-state index in [1.807, 2.05) is 6.92 Å². The summed E-state index contributed by atoms with van der Waals surface area (Å²) in [5, 5.41) is 0. The molecule has 0 aromatic heterocycles. The Morgan fingerprint density at radius 1 is 0.520 bits per heavy atom. The first-order valence-corrected chi connectivity index (χ1v) is 12.2. The zero-order valence-electron chi connectivity index (χ0n) is 17.6. The fourth-order valence-corrected chi connectivity index (χ4v) is 4.14. The van der Waals surface area contributed by atoms with E-state index >= 15 is 0 Å². The molecule has 0 rings (SSSR count). The molecule has 0 aromatic rings. The Labute approximate surface area is 169 Å². The summed E-state index contributed by atoms with van der Waals surface area (Å²) in [6.07, 6.45) is 24.4. The van der Waals surface area contributed by atoms with Gasteiger partial charge in [-0.15, -0.1) is 23.2 Å². The van der Waals surface area contributed by atoms with Crippen LogP contribution in [-0.4, -0.2) is 4.33 Å². The zero-order valence-corrected chi connectivity index (χ0v) is 19.1. The average molecular weight is 394 g/mol. The van der Waals surface area contributed by atoms with Crippen LogP contribution in [0.1, 0.15) is 136 Å². The Morgan fingerprint density at radius 2 is 0.800 bits per heavy atom. The van der Waals surface area contributed by atoms with E-state index in [-0.39, 0.29) is 0 Å². The highest BCUT2D eigenvalue weighted by Crippen LogP contribution is 2.37. The molecule has 0 heterocycles. The van der Waals surface area contributed by atoms with Crippen LogP contribution in [0.5, 0.6) is 0 Å². The minimum Gasteiger partial charge on any atom is -0.102 e. The lowest BCUT2D eigenvalue weighted by molar-refractivity contribution is 0.376. The van der Waals surface area contributed by atoms with Gasteiger partial charge in [0.05, 0.1) is 0 Å². The predicted octanol–water partition coefficient (Wildman–Crippen LogP) is 9.86. The molecule has 0 aliphatic heterocycles. The summed E-state index contributed by atoms with van der Waals surface area (Å²) in [5.74, 6) is 0.469. The highest BCUT2D eigenvalue weighted by Gasteiger charge is 2.28. The fraction of sp³-hybridized carbons (Fsp3) is 1.00. The molecule has 0 spiro atoms. The van der Waals surface area contributed by atoms with Crippen LogP contribution in [-0.2, 0) is 0 Å². The van der Waals surface area contributed by atoms with Gasteiger partial charge in [0, 0.05) is 0 Å². The van der Waals surface area contributed by atoms with Crippen LogP contribution in [0, 0.1) is 5.92 Å². The normalized spacial score (nSPS) is 13.3. The zero-order chi connectivity index (χ0) is 18.8. The molecule has 1 atom stereocenters. The fourth-order valence-electron chi connectivity index (χ4n) is 3.70. The van der Waals surface area contributed by atoms with E-state index in [4.69, 9.17) is 23.2 Å². The van der Waals surface area contributed by atoms with Gasteiger partial charge in [-0.25, -0.2) is 0 Å². The molecule has 152 valence electrons. The number of halogens is 2. The molecule has 25 heavy (non-hydrogen) atoms. The maximum absolute atomic E-state index is 6.45. The third-order valence-corrected chi connectivity index (χ3v) is 6.15. The summed E-state index contributed by atoms with van der Waals surface area (Å²) < 4.78 is -0.553. The Hall–Kier alpha value is 0.580. The third-order valence-electron chi connectivity index (χ3n) is 5.53. The molecule has 1 unspecified atom stereocenters. The molecule has 0 amide bonds. The first kappa shape index (κ1) is 25.6. The van der Waals surface area contributed by atoms with E-state index in [2.05, 4.69) is 13.8 Å². The van der Waals surface area contributed by atoms with Gasteiger partial charge in [-0.1, -0.05) is 117 Å². The molecule has 0 bridgehead atoms. The van der Waals surface area contributed by atoms with Crippen molar-refractivity contribution in [2.24, 2.45) is 5.92 Å². The van der Waals surface area contributed by atoms with Crippen LogP contribution in [0.3, 0.4) is 0 Å². The molecular formula is C23H46Cl2. The van der Waals surface area contributed by atoms with Crippen molar-refractivity contribution < 1.29 is 0 Å². The lowest BCUT2D eigenvalue weighted by Gasteiger charge is -2.26. The number of unbranched alkanes of at least 4 members (excludes halogenated alkanes) is 14. The second kappa shape index (κ2) is 18.0. The standard InChI is InChI=1S/C23H46Cl2/c1-4-6-8-10-12-13-14-15-17-19-21-22(23(3,24)25)20-18-16-11-9-7-5-2/h22H,4-21H2,1-3H3. The molecule has 0 N–H and O–H groups in total. The quantitative estimate of drug-likeness (QED) is 0.151. The highest BCUT2D eigenvalue weighted by atomic mass is 35.5. The van der Waals surface area contributed by atoms with E-state index in [0.29, 0.717) is 5.92 Å². The average Bonchev–Trinajstić information content (AvgIpc) is 2.56. The van der Waals surface area contributed by atoms with Crippen molar-refractivity contribution in [3.05, 3.63) is 0 Å². The first-order valence-electron chi connectivity index (χ1n) is 11.4. The van der Waals surface area contributed by atoms with Crippen molar-refractivity contribution >= 4 is 23.2 Å². The Bertz CT molecular complexity index is 257. The maximum atomic E-state index is 6.45. The van der Waals surface area contributed by atoms with Crippen LogP contribution in [0.15, 0.2) is 0 Å². The molecule has 2 heteroatoms. The second-order valence-electron chi connectivity index (χ2n) is 8.18. The summed E-state index contributed by atoms with van der Waals surface area (Å²) >= 11 is 12.9. The number of hydrogen-bond acceptors (Lipinski definition) is 0. The molecule has 0 aromatic carbocycles. The number of hydrogen-bond donors (Lipinski definition) is 0. The van der Waals surface area contributed by atoms with Crippen molar-refractivity contribution in [2.45, 2.75) is 141 Å². The smallest absolute Gasteiger partial charge is 0.102 e. The second-order valence-corrected chi connectivity index (χ2v) is 9.94. The van der Waals surface area contributed by atoms with E-state index in [9.17, 15) is 0 Å². The van der Waals surface area contributed by atoms with Crippen molar-refractivity contribution in [3.8, 4) is 0 Å². The summed E-state index contributed by atoms with van der Waals surface area (Å²) in [4.78, 5) is 0. The Morgan fingerprint density at radius 3 is 1.08 bits per heavy atom. The van der Waals surface area contributed by atoms with E-state index in [1.165, 1.54) is 116 Å².